The number of hydrogen-bond donors (Lipinski definition) is 1. The molecule has 4 heteroatoms. The minimum atomic E-state index is -0.355. The number of carbonyl (C=O) groups is 1. The van der Waals surface area contributed by atoms with Crippen LogP contribution in [0.1, 0.15) is 15.9 Å². The van der Waals surface area contributed by atoms with Crippen molar-refractivity contribution in [3.05, 3.63) is 84.2 Å². The second-order valence-corrected chi connectivity index (χ2v) is 4.98. The molecule has 3 aromatic rings. The van der Waals surface area contributed by atoms with E-state index in [-0.39, 0.29) is 5.97 Å². The predicted octanol–water partition coefficient (Wildman–Crippen LogP) is 3.89. The first-order valence-electron chi connectivity index (χ1n) is 7.00. The topological polar surface area (TPSA) is 43.3 Å². The Hall–Kier alpha value is -3.01. The molecular formula is C18H16N2O2. The van der Waals surface area contributed by atoms with Gasteiger partial charge in [-0.1, -0.05) is 17.7 Å². The van der Waals surface area contributed by atoms with Gasteiger partial charge in [-0.15, -0.1) is 0 Å². The highest BCUT2D eigenvalue weighted by Gasteiger charge is 2.08. The Kier molecular flexibility index (Phi) is 3.92. The molecule has 0 atom stereocenters. The minimum absolute atomic E-state index is 0.355. The van der Waals surface area contributed by atoms with Crippen LogP contribution in [0.3, 0.4) is 0 Å². The number of hydrogen-bond acceptors (Lipinski definition) is 3. The van der Waals surface area contributed by atoms with Gasteiger partial charge in [0.05, 0.1) is 11.3 Å². The van der Waals surface area contributed by atoms with E-state index >= 15 is 0 Å². The maximum Gasteiger partial charge on any atom is 0.343 e. The largest absolute Gasteiger partial charge is 0.423 e. The molecule has 0 saturated heterocycles. The monoisotopic (exact) mass is 292 g/mol. The van der Waals surface area contributed by atoms with Gasteiger partial charge in [0.15, 0.2) is 0 Å². The molecular weight excluding hydrogens is 276 g/mol. The van der Waals surface area contributed by atoms with Crippen LogP contribution in [-0.2, 0) is 0 Å². The zero-order chi connectivity index (χ0) is 15.4. The highest BCUT2D eigenvalue weighted by Crippen LogP contribution is 2.17. The van der Waals surface area contributed by atoms with E-state index in [4.69, 9.17) is 4.74 Å². The van der Waals surface area contributed by atoms with E-state index < -0.39 is 0 Å². The summed E-state index contributed by atoms with van der Waals surface area (Å²) in [5, 5.41) is 0. The molecule has 2 aromatic carbocycles. The maximum atomic E-state index is 12.0. The first-order valence-corrected chi connectivity index (χ1v) is 7.00. The molecule has 1 N–H and O–H groups in total. The average Bonchev–Trinajstić information content (AvgIpc) is 3.03. The van der Waals surface area contributed by atoms with E-state index in [9.17, 15) is 4.79 Å². The van der Waals surface area contributed by atoms with Crippen molar-refractivity contribution >= 4 is 11.7 Å². The molecule has 0 bridgehead atoms. The molecule has 0 aliphatic heterocycles. The number of benzene rings is 2. The van der Waals surface area contributed by atoms with Gasteiger partial charge in [0.1, 0.15) is 5.75 Å². The van der Waals surface area contributed by atoms with Crippen LogP contribution in [0.15, 0.2) is 73.1 Å². The Labute approximate surface area is 128 Å². The van der Waals surface area contributed by atoms with Crippen molar-refractivity contribution in [2.45, 2.75) is 6.92 Å². The lowest BCUT2D eigenvalue weighted by Crippen LogP contribution is -2.09. The number of aryl methyl sites for hydroxylation is 1. The zero-order valence-corrected chi connectivity index (χ0v) is 12.2. The van der Waals surface area contributed by atoms with Crippen LogP contribution in [-0.4, -0.2) is 10.6 Å². The molecule has 3 rings (SSSR count). The maximum absolute atomic E-state index is 12.0. The molecule has 1 heterocycles. The van der Waals surface area contributed by atoms with Crippen molar-refractivity contribution in [2.75, 3.05) is 5.43 Å². The van der Waals surface area contributed by atoms with Crippen molar-refractivity contribution < 1.29 is 9.53 Å². The quantitative estimate of drug-likeness (QED) is 0.586. The van der Waals surface area contributed by atoms with Gasteiger partial charge in [0.2, 0.25) is 0 Å². The summed E-state index contributed by atoms with van der Waals surface area (Å²) in [6.45, 7) is 1.98. The Balaban J connectivity index is 1.65. The molecule has 4 nitrogen and oxygen atoms in total. The number of nitrogens with one attached hydrogen (secondary N) is 1. The summed E-state index contributed by atoms with van der Waals surface area (Å²) < 4.78 is 7.20. The number of anilines is 1. The van der Waals surface area contributed by atoms with Gasteiger partial charge in [-0.25, -0.2) is 4.79 Å². The average molecular weight is 292 g/mol. The second-order valence-electron chi connectivity index (χ2n) is 4.98. The van der Waals surface area contributed by atoms with E-state index in [1.54, 1.807) is 24.3 Å². The normalized spacial score (nSPS) is 10.2. The highest BCUT2D eigenvalue weighted by atomic mass is 16.5. The van der Waals surface area contributed by atoms with E-state index in [0.717, 1.165) is 11.3 Å². The summed E-state index contributed by atoms with van der Waals surface area (Å²) in [5.74, 6) is 0.162. The first kappa shape index (κ1) is 13.9. The first-order chi connectivity index (χ1) is 10.7. The predicted molar refractivity (Wildman–Crippen MR) is 86.0 cm³/mol. The summed E-state index contributed by atoms with van der Waals surface area (Å²) in [6, 6.07) is 18.4. The number of rotatable bonds is 4. The van der Waals surface area contributed by atoms with Crippen LogP contribution in [0.25, 0.3) is 0 Å². The minimum Gasteiger partial charge on any atom is -0.423 e. The van der Waals surface area contributed by atoms with Gasteiger partial charge >= 0.3 is 5.97 Å². The number of nitrogens with zero attached hydrogens (tertiary/aromatic N) is 1. The van der Waals surface area contributed by atoms with Gasteiger partial charge in [-0.2, -0.15) is 0 Å². The van der Waals surface area contributed by atoms with Crippen LogP contribution < -0.4 is 10.2 Å². The van der Waals surface area contributed by atoms with Crippen molar-refractivity contribution in [3.63, 3.8) is 0 Å². The fraction of sp³-hybridized carbons (Fsp3) is 0.0556. The van der Waals surface area contributed by atoms with Crippen LogP contribution in [0.2, 0.25) is 0 Å². The lowest BCUT2D eigenvalue weighted by atomic mass is 10.1. The van der Waals surface area contributed by atoms with Crippen LogP contribution in [0.4, 0.5) is 5.69 Å². The van der Waals surface area contributed by atoms with Gasteiger partial charge < -0.3 is 4.74 Å². The third kappa shape index (κ3) is 3.35. The molecule has 0 spiro atoms. The van der Waals surface area contributed by atoms with Gasteiger partial charge in [-0.3, -0.25) is 10.1 Å². The Bertz CT molecular complexity index is 745. The van der Waals surface area contributed by atoms with Gasteiger partial charge in [0, 0.05) is 12.4 Å². The van der Waals surface area contributed by atoms with E-state index in [0.29, 0.717) is 11.3 Å². The lowest BCUT2D eigenvalue weighted by Gasteiger charge is -2.09. The fourth-order valence-electron chi connectivity index (χ4n) is 2.01. The smallest absolute Gasteiger partial charge is 0.343 e. The van der Waals surface area contributed by atoms with Crippen molar-refractivity contribution in [1.82, 2.24) is 4.68 Å². The number of ether oxygens (including phenoxy) is 1. The molecule has 0 aliphatic carbocycles. The molecule has 0 saturated carbocycles. The Morgan fingerprint density at radius 3 is 2.23 bits per heavy atom. The third-order valence-electron chi connectivity index (χ3n) is 3.21. The molecule has 0 amide bonds. The van der Waals surface area contributed by atoms with Crippen LogP contribution in [0.5, 0.6) is 5.75 Å². The van der Waals surface area contributed by atoms with E-state index in [1.807, 2.05) is 60.4 Å². The van der Waals surface area contributed by atoms with Gasteiger partial charge in [0.25, 0.3) is 0 Å². The van der Waals surface area contributed by atoms with Crippen LogP contribution in [0, 0.1) is 6.92 Å². The molecule has 22 heavy (non-hydrogen) atoms. The SMILES string of the molecule is Cc1ccc(C(=O)Oc2ccc(Nn3cccc3)cc2)cc1. The summed E-state index contributed by atoms with van der Waals surface area (Å²) in [5.41, 5.74) is 5.74. The van der Waals surface area contributed by atoms with E-state index in [1.165, 1.54) is 0 Å². The number of esters is 1. The van der Waals surface area contributed by atoms with Crippen LogP contribution >= 0.6 is 0 Å². The zero-order valence-electron chi connectivity index (χ0n) is 12.2. The molecule has 0 fully saturated rings. The molecule has 0 aliphatic rings. The third-order valence-corrected chi connectivity index (χ3v) is 3.21. The Morgan fingerprint density at radius 1 is 0.955 bits per heavy atom. The molecule has 0 radical (unpaired) electrons. The molecule has 0 unspecified atom stereocenters. The standard InChI is InChI=1S/C18H16N2O2/c1-14-4-6-15(7-5-14)18(21)22-17-10-8-16(9-11-17)19-20-12-2-3-13-20/h2-13,19H,1H3. The number of carbonyl (C=O) groups excluding carboxylic acids is 1. The van der Waals surface area contributed by atoms with E-state index in [2.05, 4.69) is 5.43 Å². The summed E-state index contributed by atoms with van der Waals surface area (Å²) in [4.78, 5) is 12.0. The molecule has 1 aromatic heterocycles. The fourth-order valence-corrected chi connectivity index (χ4v) is 2.01. The Morgan fingerprint density at radius 2 is 1.59 bits per heavy atom. The highest BCUT2D eigenvalue weighted by molar-refractivity contribution is 5.91. The van der Waals surface area contributed by atoms with Crippen molar-refractivity contribution in [1.29, 1.82) is 0 Å². The number of aromatic nitrogens is 1. The van der Waals surface area contributed by atoms with Crippen molar-refractivity contribution in [2.24, 2.45) is 0 Å². The van der Waals surface area contributed by atoms with Crippen molar-refractivity contribution in [3.8, 4) is 5.75 Å². The summed E-state index contributed by atoms with van der Waals surface area (Å²) in [7, 11) is 0. The summed E-state index contributed by atoms with van der Waals surface area (Å²) in [6.07, 6.45) is 3.82. The van der Waals surface area contributed by atoms with Gasteiger partial charge in [-0.05, 0) is 55.5 Å². The summed E-state index contributed by atoms with van der Waals surface area (Å²) >= 11 is 0. The molecule has 110 valence electrons. The lowest BCUT2D eigenvalue weighted by molar-refractivity contribution is 0.0735. The second kappa shape index (κ2) is 6.18.